The monoisotopic (exact) mass is 256 g/mol. The predicted molar refractivity (Wildman–Crippen MR) is 63.4 cm³/mol. The van der Waals surface area contributed by atoms with Gasteiger partial charge >= 0.3 is 5.97 Å². The molecule has 18 heavy (non-hydrogen) atoms. The van der Waals surface area contributed by atoms with Crippen LogP contribution in [0, 0.1) is 11.6 Å². The third kappa shape index (κ3) is 3.84. The molecule has 1 aromatic carbocycles. The van der Waals surface area contributed by atoms with Gasteiger partial charge in [-0.25, -0.2) is 13.6 Å². The van der Waals surface area contributed by atoms with Gasteiger partial charge in [-0.1, -0.05) is 6.92 Å². The molecule has 0 aliphatic carbocycles. The van der Waals surface area contributed by atoms with Crippen molar-refractivity contribution >= 4 is 12.0 Å². The molecular formula is C13H14F2O3. The summed E-state index contributed by atoms with van der Waals surface area (Å²) in [5, 5.41) is 8.42. The lowest BCUT2D eigenvalue weighted by Gasteiger charge is -2.14. The van der Waals surface area contributed by atoms with Crippen molar-refractivity contribution in [2.75, 3.05) is 0 Å². The van der Waals surface area contributed by atoms with E-state index in [-0.39, 0.29) is 11.7 Å². The Morgan fingerprint density at radius 2 is 2.00 bits per heavy atom. The summed E-state index contributed by atoms with van der Waals surface area (Å²) in [4.78, 5) is 10.3. The van der Waals surface area contributed by atoms with E-state index in [1.54, 1.807) is 6.92 Å². The standard InChI is InChI=1S/C13H14F2O3/c1-3-8(2)18-13-10(14)6-9(7-11(13)15)4-5-12(16)17/h4-8H,3H2,1-2H3,(H,16,17). The second-order valence-electron chi connectivity index (χ2n) is 3.82. The Kier molecular flexibility index (Phi) is 4.83. The molecule has 0 aliphatic heterocycles. The maximum atomic E-state index is 13.6. The van der Waals surface area contributed by atoms with Crippen molar-refractivity contribution in [3.8, 4) is 5.75 Å². The third-order valence-corrected chi connectivity index (χ3v) is 2.33. The number of benzene rings is 1. The van der Waals surface area contributed by atoms with Crippen LogP contribution in [0.1, 0.15) is 25.8 Å². The molecular weight excluding hydrogens is 242 g/mol. The minimum Gasteiger partial charge on any atom is -0.485 e. The van der Waals surface area contributed by atoms with Crippen LogP contribution in [0.25, 0.3) is 6.08 Å². The summed E-state index contributed by atoms with van der Waals surface area (Å²) < 4.78 is 32.3. The molecule has 0 aliphatic rings. The van der Waals surface area contributed by atoms with Gasteiger partial charge in [-0.2, -0.15) is 0 Å². The second-order valence-corrected chi connectivity index (χ2v) is 3.82. The number of hydrogen-bond acceptors (Lipinski definition) is 2. The predicted octanol–water partition coefficient (Wildman–Crippen LogP) is 3.24. The van der Waals surface area contributed by atoms with Gasteiger partial charge < -0.3 is 9.84 Å². The minimum absolute atomic E-state index is 0.129. The van der Waals surface area contributed by atoms with E-state index in [2.05, 4.69) is 0 Å². The maximum Gasteiger partial charge on any atom is 0.328 e. The number of aliphatic carboxylic acids is 1. The summed E-state index contributed by atoms with van der Waals surface area (Å²) in [5.74, 6) is -3.31. The number of ether oxygens (including phenoxy) is 1. The molecule has 0 spiro atoms. The Balaban J connectivity index is 3.01. The van der Waals surface area contributed by atoms with Gasteiger partial charge in [0.05, 0.1) is 6.10 Å². The summed E-state index contributed by atoms with van der Waals surface area (Å²) in [5.41, 5.74) is 0.129. The van der Waals surface area contributed by atoms with Crippen LogP contribution in [0.4, 0.5) is 8.78 Å². The molecule has 0 heterocycles. The summed E-state index contributed by atoms with van der Waals surface area (Å²) >= 11 is 0. The first-order chi connectivity index (χ1) is 8.43. The fourth-order valence-corrected chi connectivity index (χ4v) is 1.24. The minimum atomic E-state index is -1.18. The molecule has 0 saturated heterocycles. The normalized spacial score (nSPS) is 12.7. The van der Waals surface area contributed by atoms with Gasteiger partial charge in [0, 0.05) is 6.08 Å². The van der Waals surface area contributed by atoms with Gasteiger partial charge in [-0.3, -0.25) is 0 Å². The highest BCUT2D eigenvalue weighted by atomic mass is 19.1. The molecule has 3 nitrogen and oxygen atoms in total. The number of hydrogen-bond donors (Lipinski definition) is 1. The van der Waals surface area contributed by atoms with E-state index < -0.39 is 23.4 Å². The van der Waals surface area contributed by atoms with Gasteiger partial charge in [-0.15, -0.1) is 0 Å². The molecule has 0 saturated carbocycles. The smallest absolute Gasteiger partial charge is 0.328 e. The Labute approximate surface area is 104 Å². The highest BCUT2D eigenvalue weighted by Gasteiger charge is 2.14. The van der Waals surface area contributed by atoms with Gasteiger partial charge in [0.15, 0.2) is 17.4 Å². The Morgan fingerprint density at radius 3 is 2.44 bits per heavy atom. The zero-order valence-corrected chi connectivity index (χ0v) is 10.1. The quantitative estimate of drug-likeness (QED) is 0.822. The average molecular weight is 256 g/mol. The van der Waals surface area contributed by atoms with E-state index in [1.807, 2.05) is 6.92 Å². The SMILES string of the molecule is CCC(C)Oc1c(F)cc(C=CC(=O)O)cc1F. The van der Waals surface area contributed by atoms with Crippen LogP contribution in [0.15, 0.2) is 18.2 Å². The van der Waals surface area contributed by atoms with Crippen LogP contribution in [0.5, 0.6) is 5.75 Å². The zero-order valence-electron chi connectivity index (χ0n) is 10.1. The van der Waals surface area contributed by atoms with E-state index in [4.69, 9.17) is 9.84 Å². The van der Waals surface area contributed by atoms with Crippen molar-refractivity contribution in [1.82, 2.24) is 0 Å². The first-order valence-corrected chi connectivity index (χ1v) is 5.50. The van der Waals surface area contributed by atoms with Crippen LogP contribution in [0.2, 0.25) is 0 Å². The summed E-state index contributed by atoms with van der Waals surface area (Å²) in [6.07, 6.45) is 2.25. The van der Waals surface area contributed by atoms with Crippen LogP contribution in [-0.2, 0) is 4.79 Å². The Bertz CT molecular complexity index is 446. The van der Waals surface area contributed by atoms with Crippen molar-refractivity contribution in [2.24, 2.45) is 0 Å². The largest absolute Gasteiger partial charge is 0.485 e. The first-order valence-electron chi connectivity index (χ1n) is 5.50. The van der Waals surface area contributed by atoms with Crippen molar-refractivity contribution in [1.29, 1.82) is 0 Å². The molecule has 98 valence electrons. The average Bonchev–Trinajstić information content (AvgIpc) is 2.30. The molecule has 5 heteroatoms. The van der Waals surface area contributed by atoms with Crippen LogP contribution in [-0.4, -0.2) is 17.2 Å². The highest BCUT2D eigenvalue weighted by Crippen LogP contribution is 2.25. The van der Waals surface area contributed by atoms with Crippen LogP contribution < -0.4 is 4.74 Å². The van der Waals surface area contributed by atoms with Crippen LogP contribution in [0.3, 0.4) is 0 Å². The number of carbonyl (C=O) groups is 1. The lowest BCUT2D eigenvalue weighted by molar-refractivity contribution is -0.131. The Morgan fingerprint density at radius 1 is 1.44 bits per heavy atom. The molecule has 1 rings (SSSR count). The fraction of sp³-hybridized carbons (Fsp3) is 0.308. The number of carboxylic acid groups (broad SMARTS) is 1. The molecule has 0 radical (unpaired) electrons. The molecule has 1 N–H and O–H groups in total. The molecule has 0 fully saturated rings. The zero-order chi connectivity index (χ0) is 13.7. The molecule has 1 unspecified atom stereocenters. The van der Waals surface area contributed by atoms with E-state index >= 15 is 0 Å². The van der Waals surface area contributed by atoms with Gasteiger partial charge in [-0.05, 0) is 37.1 Å². The first kappa shape index (κ1) is 14.2. The van der Waals surface area contributed by atoms with Crippen molar-refractivity contribution < 1.29 is 23.4 Å². The molecule has 0 aromatic heterocycles. The maximum absolute atomic E-state index is 13.6. The number of halogens is 2. The molecule has 1 atom stereocenters. The summed E-state index contributed by atoms with van der Waals surface area (Å²) in [6.45, 7) is 3.54. The van der Waals surface area contributed by atoms with Gasteiger partial charge in [0.1, 0.15) is 0 Å². The van der Waals surface area contributed by atoms with Gasteiger partial charge in [0.25, 0.3) is 0 Å². The van der Waals surface area contributed by atoms with Crippen LogP contribution >= 0.6 is 0 Å². The molecule has 1 aromatic rings. The Hall–Kier alpha value is -1.91. The number of rotatable bonds is 5. The third-order valence-electron chi connectivity index (χ3n) is 2.33. The van der Waals surface area contributed by atoms with E-state index in [0.717, 1.165) is 24.3 Å². The fourth-order valence-electron chi connectivity index (χ4n) is 1.24. The summed E-state index contributed by atoms with van der Waals surface area (Å²) in [6, 6.07) is 2.06. The lowest BCUT2D eigenvalue weighted by atomic mass is 10.2. The topological polar surface area (TPSA) is 46.5 Å². The van der Waals surface area contributed by atoms with E-state index in [0.29, 0.717) is 6.42 Å². The second kappa shape index (κ2) is 6.14. The van der Waals surface area contributed by atoms with E-state index in [1.165, 1.54) is 0 Å². The highest BCUT2D eigenvalue weighted by molar-refractivity contribution is 5.85. The van der Waals surface area contributed by atoms with Crippen molar-refractivity contribution in [2.45, 2.75) is 26.4 Å². The van der Waals surface area contributed by atoms with Crippen molar-refractivity contribution in [3.05, 3.63) is 35.4 Å². The number of carboxylic acids is 1. The molecule has 0 amide bonds. The summed E-state index contributed by atoms with van der Waals surface area (Å²) in [7, 11) is 0. The van der Waals surface area contributed by atoms with Gasteiger partial charge in [0.2, 0.25) is 0 Å². The lowest BCUT2D eigenvalue weighted by Crippen LogP contribution is -2.12. The van der Waals surface area contributed by atoms with E-state index in [9.17, 15) is 13.6 Å². The molecule has 0 bridgehead atoms. The van der Waals surface area contributed by atoms with Crippen molar-refractivity contribution in [3.63, 3.8) is 0 Å².